The van der Waals surface area contributed by atoms with Crippen LogP contribution >= 0.6 is 11.6 Å². The highest BCUT2D eigenvalue weighted by Crippen LogP contribution is 2.34. The van der Waals surface area contributed by atoms with Crippen molar-refractivity contribution >= 4 is 17.5 Å². The summed E-state index contributed by atoms with van der Waals surface area (Å²) in [7, 11) is 0. The van der Waals surface area contributed by atoms with Crippen molar-refractivity contribution in [2.75, 3.05) is 26.2 Å². The largest absolute Gasteiger partial charge is 0.368 e. The number of hydrogen-bond donors (Lipinski definition) is 3. The fraction of sp³-hybridized carbons (Fsp3) is 0.857. The minimum atomic E-state index is -1.05. The molecule has 0 radical (unpaired) electrons. The third kappa shape index (κ3) is 6.41. The van der Waals surface area contributed by atoms with E-state index in [2.05, 4.69) is 22.5 Å². The van der Waals surface area contributed by atoms with Crippen molar-refractivity contribution in [3.63, 3.8) is 0 Å². The van der Waals surface area contributed by atoms with Crippen LogP contribution in [0.25, 0.3) is 0 Å². The first kappa shape index (κ1) is 22.0. The fourth-order valence-electron chi connectivity index (χ4n) is 4.95. The van der Waals surface area contributed by atoms with Gasteiger partial charge in [0.2, 0.25) is 5.91 Å². The Morgan fingerprint density at radius 2 is 2.11 bits per heavy atom. The number of carbonyl (C=O) groups excluding carboxylic acids is 1. The Labute approximate surface area is 173 Å². The predicted molar refractivity (Wildman–Crippen MR) is 110 cm³/mol. The molecule has 0 aromatic heterocycles. The summed E-state index contributed by atoms with van der Waals surface area (Å²) in [5.41, 5.74) is 0.701. The van der Waals surface area contributed by atoms with Gasteiger partial charge in [0.15, 0.2) is 0 Å². The lowest BCUT2D eigenvalue weighted by Gasteiger charge is -2.42. The molecular weight excluding hydrogens is 381 g/mol. The molecule has 1 aliphatic heterocycles. The van der Waals surface area contributed by atoms with Gasteiger partial charge >= 0.3 is 0 Å². The number of rotatable bonds is 8. The van der Waals surface area contributed by atoms with E-state index in [0.29, 0.717) is 31.0 Å². The number of amides is 1. The molecule has 0 bridgehead atoms. The molecule has 28 heavy (non-hydrogen) atoms. The molecule has 6 atom stereocenters. The van der Waals surface area contributed by atoms with Crippen LogP contribution in [0.5, 0.6) is 0 Å². The van der Waals surface area contributed by atoms with Crippen molar-refractivity contribution < 1.29 is 13.9 Å². The van der Waals surface area contributed by atoms with Gasteiger partial charge in [0.05, 0.1) is 11.5 Å². The van der Waals surface area contributed by atoms with Crippen molar-refractivity contribution in [3.8, 4) is 0 Å². The maximum atomic E-state index is 13.6. The normalized spacial score (nSPS) is 35.8. The van der Waals surface area contributed by atoms with Gasteiger partial charge < -0.3 is 20.7 Å². The summed E-state index contributed by atoms with van der Waals surface area (Å²) in [6, 6.07) is 0.582. The molecule has 0 spiro atoms. The zero-order valence-electron chi connectivity index (χ0n) is 16.7. The van der Waals surface area contributed by atoms with Crippen LogP contribution in [0.15, 0.2) is 12.3 Å². The monoisotopic (exact) mass is 415 g/mol. The molecule has 5 nitrogen and oxygen atoms in total. The van der Waals surface area contributed by atoms with Crippen LogP contribution in [0.4, 0.5) is 4.39 Å². The highest BCUT2D eigenvalue weighted by atomic mass is 35.5. The maximum Gasteiger partial charge on any atom is 0.250 e. The number of alkyl halides is 2. The Hall–Kier alpha value is -0.690. The standard InChI is InChI=1S/C21H35ClFN3O2/c1-14(26-21(27)13-28-16-5-6-18(22)19(23)11-16)7-10-25-20-4-2-3-15-12-24-9-8-17(15)20/h15-20,24-25H,1-13H2,(H,26,27). The molecule has 0 aromatic rings. The van der Waals surface area contributed by atoms with Crippen LogP contribution in [0.2, 0.25) is 0 Å². The highest BCUT2D eigenvalue weighted by molar-refractivity contribution is 6.21. The summed E-state index contributed by atoms with van der Waals surface area (Å²) in [5, 5.41) is 9.58. The fourth-order valence-corrected chi connectivity index (χ4v) is 5.18. The van der Waals surface area contributed by atoms with Crippen molar-refractivity contribution in [3.05, 3.63) is 12.3 Å². The summed E-state index contributed by atoms with van der Waals surface area (Å²) in [4.78, 5) is 12.1. The average molecular weight is 416 g/mol. The summed E-state index contributed by atoms with van der Waals surface area (Å²) < 4.78 is 19.2. The van der Waals surface area contributed by atoms with Gasteiger partial charge in [-0.25, -0.2) is 4.39 Å². The molecule has 6 unspecified atom stereocenters. The molecule has 3 rings (SSSR count). The number of carbonyl (C=O) groups is 1. The third-order valence-electron chi connectivity index (χ3n) is 6.52. The van der Waals surface area contributed by atoms with E-state index in [1.807, 2.05) is 0 Å². The van der Waals surface area contributed by atoms with Gasteiger partial charge in [0, 0.05) is 24.7 Å². The van der Waals surface area contributed by atoms with Gasteiger partial charge in [-0.3, -0.25) is 4.79 Å². The van der Waals surface area contributed by atoms with E-state index in [4.69, 9.17) is 16.3 Å². The number of halogens is 2. The molecule has 3 fully saturated rings. The number of nitrogens with one attached hydrogen (secondary N) is 3. The second kappa shape index (κ2) is 10.9. The van der Waals surface area contributed by atoms with E-state index >= 15 is 0 Å². The zero-order valence-corrected chi connectivity index (χ0v) is 17.5. The Kier molecular flexibility index (Phi) is 8.57. The number of piperidine rings is 1. The molecule has 2 aliphatic carbocycles. The lowest BCUT2D eigenvalue weighted by molar-refractivity contribution is -0.128. The molecule has 160 valence electrons. The van der Waals surface area contributed by atoms with Crippen molar-refractivity contribution in [2.24, 2.45) is 11.8 Å². The lowest BCUT2D eigenvalue weighted by atomic mass is 9.72. The van der Waals surface area contributed by atoms with Gasteiger partial charge in [0.1, 0.15) is 12.8 Å². The zero-order chi connectivity index (χ0) is 19.9. The van der Waals surface area contributed by atoms with Crippen molar-refractivity contribution in [1.29, 1.82) is 0 Å². The van der Waals surface area contributed by atoms with E-state index in [1.165, 1.54) is 25.7 Å². The minimum absolute atomic E-state index is 0.0594. The molecule has 2 saturated carbocycles. The van der Waals surface area contributed by atoms with Crippen LogP contribution in [0.3, 0.4) is 0 Å². The molecule has 7 heteroatoms. The van der Waals surface area contributed by atoms with Crippen molar-refractivity contribution in [1.82, 2.24) is 16.0 Å². The summed E-state index contributed by atoms with van der Waals surface area (Å²) in [6.07, 6.45) is 6.12. The molecule has 1 saturated heterocycles. The predicted octanol–water partition coefficient (Wildman–Crippen LogP) is 2.89. The second-order valence-corrected chi connectivity index (χ2v) is 9.15. The van der Waals surface area contributed by atoms with Gasteiger partial charge in [-0.2, -0.15) is 0 Å². The molecule has 1 amide bonds. The first-order valence-corrected chi connectivity index (χ1v) is 11.3. The highest BCUT2D eigenvalue weighted by Gasteiger charge is 2.34. The topological polar surface area (TPSA) is 62.4 Å². The van der Waals surface area contributed by atoms with Crippen LogP contribution < -0.4 is 16.0 Å². The molecule has 3 aliphatic rings. The van der Waals surface area contributed by atoms with E-state index in [9.17, 15) is 9.18 Å². The first-order valence-electron chi connectivity index (χ1n) is 10.8. The van der Waals surface area contributed by atoms with Gasteiger partial charge in [-0.15, -0.1) is 11.6 Å². The SMILES string of the molecule is C=C(CCNC1CCCC2CNCCC21)NC(=O)COC1CCC(Cl)C(F)C1. The molecule has 3 N–H and O–H groups in total. The Balaban J connectivity index is 1.29. The van der Waals surface area contributed by atoms with Crippen LogP contribution in [0, 0.1) is 11.8 Å². The van der Waals surface area contributed by atoms with Crippen molar-refractivity contribution in [2.45, 2.75) is 75.1 Å². The average Bonchev–Trinajstić information content (AvgIpc) is 2.69. The van der Waals surface area contributed by atoms with E-state index in [1.54, 1.807) is 0 Å². The van der Waals surface area contributed by atoms with Crippen LogP contribution in [0.1, 0.15) is 51.4 Å². The number of hydrogen-bond acceptors (Lipinski definition) is 4. The third-order valence-corrected chi connectivity index (χ3v) is 7.01. The first-order chi connectivity index (χ1) is 13.5. The van der Waals surface area contributed by atoms with Gasteiger partial charge in [-0.05, 0) is 63.5 Å². The summed E-state index contributed by atoms with van der Waals surface area (Å²) >= 11 is 5.88. The van der Waals surface area contributed by atoms with E-state index < -0.39 is 11.5 Å². The van der Waals surface area contributed by atoms with E-state index in [-0.39, 0.29) is 25.0 Å². The summed E-state index contributed by atoms with van der Waals surface area (Å²) in [5.74, 6) is 1.36. The number of fused-ring (bicyclic) bond motifs is 1. The van der Waals surface area contributed by atoms with E-state index in [0.717, 1.165) is 31.5 Å². The van der Waals surface area contributed by atoms with Gasteiger partial charge in [0.25, 0.3) is 0 Å². The Morgan fingerprint density at radius 3 is 2.93 bits per heavy atom. The molecule has 0 aromatic carbocycles. The molecular formula is C21H35ClFN3O2. The summed E-state index contributed by atoms with van der Waals surface area (Å²) in [6.45, 7) is 7.00. The number of ether oxygens (including phenoxy) is 1. The minimum Gasteiger partial charge on any atom is -0.368 e. The maximum absolute atomic E-state index is 13.6. The Bertz CT molecular complexity index is 534. The van der Waals surface area contributed by atoms with Crippen LogP contribution in [-0.2, 0) is 9.53 Å². The van der Waals surface area contributed by atoms with Crippen LogP contribution in [-0.4, -0.2) is 55.8 Å². The Morgan fingerprint density at radius 1 is 1.25 bits per heavy atom. The quantitative estimate of drug-likeness (QED) is 0.533. The van der Waals surface area contributed by atoms with Gasteiger partial charge in [-0.1, -0.05) is 13.0 Å². The second-order valence-electron chi connectivity index (χ2n) is 8.59. The molecule has 1 heterocycles. The lowest BCUT2D eigenvalue weighted by Crippen LogP contribution is -2.49. The smallest absolute Gasteiger partial charge is 0.250 e.